The molecule has 1 rings (SSSR count). The SMILES string of the molecule is CN1CC(I)C=N1. The van der Waals surface area contributed by atoms with Gasteiger partial charge in [-0.1, -0.05) is 22.6 Å². The number of rotatable bonds is 0. The molecule has 1 unspecified atom stereocenters. The van der Waals surface area contributed by atoms with Crippen molar-refractivity contribution in [2.45, 2.75) is 3.92 Å². The minimum atomic E-state index is 0.627. The van der Waals surface area contributed by atoms with Crippen molar-refractivity contribution in [2.24, 2.45) is 5.10 Å². The van der Waals surface area contributed by atoms with Gasteiger partial charge in [-0.15, -0.1) is 0 Å². The molecule has 0 aromatic carbocycles. The molecule has 1 aliphatic heterocycles. The minimum Gasteiger partial charge on any atom is -0.299 e. The number of halogens is 1. The largest absolute Gasteiger partial charge is 0.299 e. The Morgan fingerprint density at radius 3 is 2.86 bits per heavy atom. The third-order valence-corrected chi connectivity index (χ3v) is 1.58. The molecular formula is C4H7IN2. The third-order valence-electron chi connectivity index (χ3n) is 0.864. The van der Waals surface area contributed by atoms with Crippen LogP contribution in [0.2, 0.25) is 0 Å². The number of hydrogen-bond acceptors (Lipinski definition) is 2. The predicted octanol–water partition coefficient (Wildman–Crippen LogP) is 0.721. The summed E-state index contributed by atoms with van der Waals surface area (Å²) in [6, 6.07) is 0. The second kappa shape index (κ2) is 1.98. The van der Waals surface area contributed by atoms with Crippen LogP contribution in [0.5, 0.6) is 0 Å². The quantitative estimate of drug-likeness (QED) is 0.425. The Bertz CT molecular complexity index is 81.7. The first-order chi connectivity index (χ1) is 3.29. The third kappa shape index (κ3) is 1.29. The molecule has 40 valence electrons. The molecule has 0 amide bonds. The van der Waals surface area contributed by atoms with E-state index in [-0.39, 0.29) is 0 Å². The van der Waals surface area contributed by atoms with Gasteiger partial charge in [0, 0.05) is 13.3 Å². The Balaban J connectivity index is 2.42. The van der Waals surface area contributed by atoms with Crippen molar-refractivity contribution in [2.75, 3.05) is 13.6 Å². The standard InChI is InChI=1S/C4H7IN2/c1-7-3-4(5)2-6-7/h2,4H,3H2,1H3. The van der Waals surface area contributed by atoms with Crippen molar-refractivity contribution in [3.8, 4) is 0 Å². The lowest BCUT2D eigenvalue weighted by Crippen LogP contribution is -2.11. The highest BCUT2D eigenvalue weighted by molar-refractivity contribution is 14.1. The molecule has 0 fully saturated rings. The highest BCUT2D eigenvalue weighted by Gasteiger charge is 2.08. The lowest BCUT2D eigenvalue weighted by Gasteiger charge is -2.02. The molecule has 0 spiro atoms. The molecule has 1 aliphatic rings. The fraction of sp³-hybridized carbons (Fsp3) is 0.750. The number of alkyl halides is 1. The van der Waals surface area contributed by atoms with Gasteiger partial charge in [-0.3, -0.25) is 5.01 Å². The van der Waals surface area contributed by atoms with Crippen LogP contribution >= 0.6 is 22.6 Å². The van der Waals surface area contributed by atoms with Gasteiger partial charge in [0.25, 0.3) is 0 Å². The van der Waals surface area contributed by atoms with Gasteiger partial charge in [0.05, 0.1) is 10.5 Å². The van der Waals surface area contributed by atoms with Gasteiger partial charge < -0.3 is 0 Å². The fourth-order valence-corrected chi connectivity index (χ4v) is 1.25. The van der Waals surface area contributed by atoms with Crippen molar-refractivity contribution in [3.05, 3.63) is 0 Å². The summed E-state index contributed by atoms with van der Waals surface area (Å²) in [5, 5.41) is 5.96. The molecule has 0 bridgehead atoms. The van der Waals surface area contributed by atoms with Crippen molar-refractivity contribution in [1.29, 1.82) is 0 Å². The van der Waals surface area contributed by atoms with Crippen LogP contribution in [0, 0.1) is 0 Å². The Kier molecular flexibility index (Phi) is 1.51. The average molecular weight is 210 g/mol. The van der Waals surface area contributed by atoms with E-state index in [1.807, 2.05) is 18.3 Å². The minimum absolute atomic E-state index is 0.627. The molecule has 1 heterocycles. The van der Waals surface area contributed by atoms with Crippen molar-refractivity contribution in [1.82, 2.24) is 5.01 Å². The molecule has 0 aromatic rings. The van der Waals surface area contributed by atoms with Gasteiger partial charge in [-0.25, -0.2) is 0 Å². The van der Waals surface area contributed by atoms with E-state index < -0.39 is 0 Å². The second-order valence-electron chi connectivity index (χ2n) is 1.62. The zero-order chi connectivity index (χ0) is 5.28. The van der Waals surface area contributed by atoms with E-state index in [2.05, 4.69) is 27.7 Å². The first kappa shape index (κ1) is 5.34. The van der Waals surface area contributed by atoms with Gasteiger partial charge in [0.1, 0.15) is 0 Å². The van der Waals surface area contributed by atoms with Crippen LogP contribution in [0.1, 0.15) is 0 Å². The molecule has 0 saturated heterocycles. The van der Waals surface area contributed by atoms with Crippen LogP contribution < -0.4 is 0 Å². The lowest BCUT2D eigenvalue weighted by atomic mass is 10.5. The average Bonchev–Trinajstić information content (AvgIpc) is 1.87. The molecule has 0 aromatic heterocycles. The van der Waals surface area contributed by atoms with Gasteiger partial charge >= 0.3 is 0 Å². The van der Waals surface area contributed by atoms with Crippen LogP contribution in [0.3, 0.4) is 0 Å². The summed E-state index contributed by atoms with van der Waals surface area (Å²) in [6.07, 6.45) is 1.96. The van der Waals surface area contributed by atoms with Crippen LogP contribution in [-0.2, 0) is 0 Å². The molecule has 2 nitrogen and oxygen atoms in total. The Hall–Kier alpha value is 0.200. The van der Waals surface area contributed by atoms with Crippen LogP contribution in [-0.4, -0.2) is 28.7 Å². The van der Waals surface area contributed by atoms with E-state index in [9.17, 15) is 0 Å². The van der Waals surface area contributed by atoms with E-state index in [0.717, 1.165) is 6.54 Å². The van der Waals surface area contributed by atoms with Crippen molar-refractivity contribution >= 4 is 28.8 Å². The van der Waals surface area contributed by atoms with Gasteiger partial charge in [-0.2, -0.15) is 5.10 Å². The Labute approximate surface area is 56.7 Å². The summed E-state index contributed by atoms with van der Waals surface area (Å²) in [6.45, 7) is 1.07. The lowest BCUT2D eigenvalue weighted by molar-refractivity contribution is 0.397. The van der Waals surface area contributed by atoms with Gasteiger partial charge in [0.15, 0.2) is 0 Å². The topological polar surface area (TPSA) is 15.6 Å². The van der Waals surface area contributed by atoms with E-state index in [1.165, 1.54) is 0 Å². The normalized spacial score (nSPS) is 29.4. The molecule has 0 radical (unpaired) electrons. The highest BCUT2D eigenvalue weighted by atomic mass is 127. The summed E-state index contributed by atoms with van der Waals surface area (Å²) in [4.78, 5) is 0. The van der Waals surface area contributed by atoms with Gasteiger partial charge in [-0.05, 0) is 0 Å². The zero-order valence-corrected chi connectivity index (χ0v) is 6.29. The van der Waals surface area contributed by atoms with Crippen molar-refractivity contribution < 1.29 is 0 Å². The number of hydrogen-bond donors (Lipinski definition) is 0. The summed E-state index contributed by atoms with van der Waals surface area (Å²) in [7, 11) is 1.98. The summed E-state index contributed by atoms with van der Waals surface area (Å²) in [5.74, 6) is 0. The summed E-state index contributed by atoms with van der Waals surface area (Å²) < 4.78 is 0.627. The first-order valence-corrected chi connectivity index (χ1v) is 3.43. The van der Waals surface area contributed by atoms with E-state index in [1.54, 1.807) is 0 Å². The van der Waals surface area contributed by atoms with Gasteiger partial charge in [0.2, 0.25) is 0 Å². The second-order valence-corrected chi connectivity index (χ2v) is 3.22. The molecule has 7 heavy (non-hydrogen) atoms. The Morgan fingerprint density at radius 2 is 2.71 bits per heavy atom. The molecule has 0 aliphatic carbocycles. The maximum absolute atomic E-state index is 4.02. The van der Waals surface area contributed by atoms with Crippen LogP contribution in [0.25, 0.3) is 0 Å². The first-order valence-electron chi connectivity index (χ1n) is 2.18. The zero-order valence-electron chi connectivity index (χ0n) is 4.13. The molecule has 1 atom stereocenters. The monoisotopic (exact) mass is 210 g/mol. The number of hydrazone groups is 1. The van der Waals surface area contributed by atoms with Crippen molar-refractivity contribution in [3.63, 3.8) is 0 Å². The molecule has 0 N–H and O–H groups in total. The molecular weight excluding hydrogens is 203 g/mol. The molecule has 3 heteroatoms. The maximum atomic E-state index is 4.02. The smallest absolute Gasteiger partial charge is 0.0672 e. The van der Waals surface area contributed by atoms with E-state index >= 15 is 0 Å². The Morgan fingerprint density at radius 1 is 2.00 bits per heavy atom. The maximum Gasteiger partial charge on any atom is 0.0672 e. The summed E-state index contributed by atoms with van der Waals surface area (Å²) in [5.41, 5.74) is 0. The summed E-state index contributed by atoms with van der Waals surface area (Å²) >= 11 is 2.36. The highest BCUT2D eigenvalue weighted by Crippen LogP contribution is 2.05. The van der Waals surface area contributed by atoms with E-state index in [4.69, 9.17) is 0 Å². The molecule has 0 saturated carbocycles. The van der Waals surface area contributed by atoms with Crippen LogP contribution in [0.15, 0.2) is 5.10 Å². The number of nitrogens with zero attached hydrogens (tertiary/aromatic N) is 2. The fourth-order valence-electron chi connectivity index (χ4n) is 0.533. The predicted molar refractivity (Wildman–Crippen MR) is 38.9 cm³/mol. The van der Waals surface area contributed by atoms with Crippen LogP contribution in [0.4, 0.5) is 0 Å². The van der Waals surface area contributed by atoms with E-state index in [0.29, 0.717) is 3.92 Å².